The average molecular weight is 962 g/mol. The summed E-state index contributed by atoms with van der Waals surface area (Å²) in [6, 6.07) is 0. The fraction of sp³-hybridized carbons (Fsp3) is 0.808. The van der Waals surface area contributed by atoms with Crippen molar-refractivity contribution in [2.45, 2.75) is 47.0 Å². The molecule has 0 aliphatic rings. The van der Waals surface area contributed by atoms with Crippen molar-refractivity contribution < 1.29 is 133 Å². The quantitative estimate of drug-likeness (QED) is 0.0441. The molecule has 17 nitrogen and oxygen atoms in total. The largest absolute Gasteiger partial charge is 0.480 e. The van der Waals surface area contributed by atoms with Gasteiger partial charge in [-0.25, -0.2) is 8.42 Å². The van der Waals surface area contributed by atoms with Gasteiger partial charge in [-0.3, -0.25) is 38.7 Å². The molecule has 0 fully saturated rings. The Morgan fingerprint density at radius 2 is 0.705 bits per heavy atom. The maximum Gasteiger partial charge on any atom is 0.460 e. The zero-order valence-corrected chi connectivity index (χ0v) is 30.7. The standard InChI is InChI=1S/C26H32F17N5O12S/c27-19(28,21(31,32)23(35,36)25(39,40)41)20(29,30)22(33,34)24(37,38)26(42,43)61(59,60)48(13-18(57)58)8-7-47(12-17(55)56)6-5-46(11-16(53)54)4-3-45(10-15(51)52)2-1-44-9-14(49)50/h44H,1-13H2,(H,49,50)(H,51,52)(H,53,54)(H,55,56)(H,57,58). The molecule has 6 N–H and O–H groups in total. The van der Waals surface area contributed by atoms with Gasteiger partial charge in [-0.15, -0.1) is 0 Å². The number of carboxylic acids is 5. The van der Waals surface area contributed by atoms with Crippen LogP contribution in [0.25, 0.3) is 0 Å². The summed E-state index contributed by atoms with van der Waals surface area (Å²) in [5, 5.41) is 39.5. The Labute approximate surface area is 329 Å². The molecule has 0 radical (unpaired) electrons. The van der Waals surface area contributed by atoms with Crippen LogP contribution in [0.15, 0.2) is 0 Å². The van der Waals surface area contributed by atoms with E-state index in [0.717, 1.165) is 9.80 Å². The Bertz CT molecular complexity index is 1670. The van der Waals surface area contributed by atoms with Gasteiger partial charge in [0.05, 0.1) is 26.2 Å². The predicted molar refractivity (Wildman–Crippen MR) is 162 cm³/mol. The minimum Gasteiger partial charge on any atom is -0.480 e. The number of hydrogen-bond acceptors (Lipinski definition) is 11. The van der Waals surface area contributed by atoms with Crippen molar-refractivity contribution in [1.82, 2.24) is 24.3 Å². The first-order chi connectivity index (χ1) is 27.1. The van der Waals surface area contributed by atoms with Crippen molar-refractivity contribution >= 4 is 39.9 Å². The first kappa shape index (κ1) is 56.9. The Hall–Kier alpha value is -4.09. The molecule has 0 heterocycles. The second-order valence-electron chi connectivity index (χ2n) is 12.3. The lowest BCUT2D eigenvalue weighted by Crippen LogP contribution is -2.75. The van der Waals surface area contributed by atoms with Gasteiger partial charge in [-0.1, -0.05) is 0 Å². The van der Waals surface area contributed by atoms with Gasteiger partial charge < -0.3 is 30.8 Å². The fourth-order valence-electron chi connectivity index (χ4n) is 4.54. The van der Waals surface area contributed by atoms with Gasteiger partial charge in [0.25, 0.3) is 10.0 Å². The second kappa shape index (κ2) is 20.4. The molecule has 0 aliphatic heterocycles. The number of carbonyl (C=O) groups is 5. The van der Waals surface area contributed by atoms with E-state index in [1.807, 2.05) is 0 Å². The van der Waals surface area contributed by atoms with E-state index >= 15 is 0 Å². The van der Waals surface area contributed by atoms with Crippen LogP contribution in [0, 0.1) is 0 Å². The number of alkyl halides is 17. The molecule has 61 heavy (non-hydrogen) atoms. The van der Waals surface area contributed by atoms with Gasteiger partial charge in [0.2, 0.25) is 0 Å². The van der Waals surface area contributed by atoms with Gasteiger partial charge in [0.1, 0.15) is 6.54 Å². The number of nitrogens with zero attached hydrogens (tertiary/aromatic N) is 4. The van der Waals surface area contributed by atoms with Crippen LogP contribution in [0.3, 0.4) is 0 Å². The first-order valence-corrected chi connectivity index (χ1v) is 17.2. The summed E-state index contributed by atoms with van der Waals surface area (Å²) in [5.74, 6) is -62.5. The summed E-state index contributed by atoms with van der Waals surface area (Å²) in [5.41, 5.74) is 0. The third kappa shape index (κ3) is 13.0. The highest BCUT2D eigenvalue weighted by molar-refractivity contribution is 7.90. The van der Waals surface area contributed by atoms with Crippen LogP contribution < -0.4 is 5.32 Å². The number of nitrogens with one attached hydrogen (secondary N) is 1. The van der Waals surface area contributed by atoms with Crippen LogP contribution >= 0.6 is 0 Å². The molecule has 0 rings (SSSR count). The van der Waals surface area contributed by atoms with Crippen molar-refractivity contribution in [2.24, 2.45) is 0 Å². The molecule has 0 spiro atoms. The number of hydrogen-bond donors (Lipinski definition) is 6. The molecular weight excluding hydrogens is 929 g/mol. The van der Waals surface area contributed by atoms with Gasteiger partial charge in [0.15, 0.2) is 0 Å². The van der Waals surface area contributed by atoms with Crippen molar-refractivity contribution in [3.05, 3.63) is 0 Å². The van der Waals surface area contributed by atoms with Crippen LogP contribution in [-0.4, -0.2) is 215 Å². The molecule has 35 heteroatoms. The lowest BCUT2D eigenvalue weighted by Gasteiger charge is -2.43. The van der Waals surface area contributed by atoms with Crippen molar-refractivity contribution in [1.29, 1.82) is 0 Å². The number of aliphatic carboxylic acids is 5. The zero-order valence-electron chi connectivity index (χ0n) is 29.9. The molecule has 0 aromatic rings. The van der Waals surface area contributed by atoms with Crippen LogP contribution in [0.5, 0.6) is 0 Å². The molecule has 0 saturated heterocycles. The molecule has 0 aromatic heterocycles. The third-order valence-electron chi connectivity index (χ3n) is 7.76. The molecule has 0 atom stereocenters. The van der Waals surface area contributed by atoms with E-state index in [-0.39, 0.29) is 19.6 Å². The SMILES string of the molecule is O=C(O)CNCCN(CCN(CCN(CCN(CC(=O)O)S(=O)(=O)C(F)(F)C(F)(F)C(F)(F)C(F)(F)C(F)(F)C(F)(F)C(F)(F)C(F)(F)F)CC(=O)O)CC(=O)O)CC(=O)O. The number of carboxylic acid groups (broad SMARTS) is 5. The van der Waals surface area contributed by atoms with E-state index in [9.17, 15) is 117 Å². The monoisotopic (exact) mass is 961 g/mol. The Kier molecular flexibility index (Phi) is 19.0. The molecule has 0 aliphatic carbocycles. The van der Waals surface area contributed by atoms with Crippen molar-refractivity contribution in [3.8, 4) is 0 Å². The maximum absolute atomic E-state index is 14.9. The number of halogens is 17. The summed E-state index contributed by atoms with van der Waals surface area (Å²) in [6.07, 6.45) is -8.05. The first-order valence-electron chi connectivity index (χ1n) is 15.8. The van der Waals surface area contributed by atoms with Gasteiger partial charge in [-0.2, -0.15) is 78.9 Å². The lowest BCUT2D eigenvalue weighted by atomic mass is 9.91. The number of rotatable bonds is 30. The highest BCUT2D eigenvalue weighted by Crippen LogP contribution is 2.64. The summed E-state index contributed by atoms with van der Waals surface area (Å²) >= 11 is 0. The van der Waals surface area contributed by atoms with Crippen LogP contribution in [0.1, 0.15) is 0 Å². The van der Waals surface area contributed by atoms with E-state index in [0.29, 0.717) is 4.90 Å². The highest BCUT2D eigenvalue weighted by atomic mass is 32.2. The average Bonchev–Trinajstić information content (AvgIpc) is 3.06. The fourth-order valence-corrected chi connectivity index (χ4v) is 5.92. The molecule has 0 amide bonds. The molecular formula is C26H32F17N5O12S. The van der Waals surface area contributed by atoms with E-state index in [1.54, 1.807) is 0 Å². The van der Waals surface area contributed by atoms with Crippen molar-refractivity contribution in [3.63, 3.8) is 0 Å². The topological polar surface area (TPSA) is 246 Å². The molecule has 0 aromatic carbocycles. The Balaban J connectivity index is 6.74. The minimum atomic E-state index is -9.15. The summed E-state index contributed by atoms with van der Waals surface area (Å²) in [6.45, 7) is -12.6. The van der Waals surface area contributed by atoms with Gasteiger partial charge in [0, 0.05) is 52.4 Å². The minimum absolute atomic E-state index is 0.144. The van der Waals surface area contributed by atoms with Crippen molar-refractivity contribution in [2.75, 3.05) is 85.1 Å². The molecule has 0 bridgehead atoms. The van der Waals surface area contributed by atoms with Crippen LogP contribution in [0.2, 0.25) is 0 Å². The zero-order chi connectivity index (χ0) is 48.6. The van der Waals surface area contributed by atoms with E-state index in [2.05, 4.69) is 5.32 Å². The van der Waals surface area contributed by atoms with E-state index in [1.165, 1.54) is 0 Å². The van der Waals surface area contributed by atoms with Crippen LogP contribution in [0.4, 0.5) is 74.6 Å². The molecule has 0 saturated carbocycles. The van der Waals surface area contributed by atoms with Crippen LogP contribution in [-0.2, 0) is 34.0 Å². The van der Waals surface area contributed by atoms with Gasteiger partial charge in [-0.05, 0) is 0 Å². The van der Waals surface area contributed by atoms with E-state index < -0.39 is 157 Å². The Morgan fingerprint density at radius 3 is 1.02 bits per heavy atom. The summed E-state index contributed by atoms with van der Waals surface area (Å²) in [4.78, 5) is 58.3. The Morgan fingerprint density at radius 1 is 0.410 bits per heavy atom. The maximum atomic E-state index is 14.9. The van der Waals surface area contributed by atoms with E-state index in [4.69, 9.17) is 15.3 Å². The van der Waals surface area contributed by atoms with Gasteiger partial charge >= 0.3 is 76.8 Å². The summed E-state index contributed by atoms with van der Waals surface area (Å²) in [7, 11) is -8.10. The number of sulfonamides is 1. The smallest absolute Gasteiger partial charge is 0.460 e. The predicted octanol–water partition coefficient (Wildman–Crippen LogP) is 1.50. The summed E-state index contributed by atoms with van der Waals surface area (Å²) < 4.78 is 258. The third-order valence-corrected chi connectivity index (χ3v) is 9.65. The molecule has 358 valence electrons. The molecule has 0 unspecified atom stereocenters. The second-order valence-corrected chi connectivity index (χ2v) is 14.3. The lowest BCUT2D eigenvalue weighted by molar-refractivity contribution is -0.458. The normalized spacial score (nSPS) is 14.3. The highest BCUT2D eigenvalue weighted by Gasteiger charge is 2.96.